The summed E-state index contributed by atoms with van der Waals surface area (Å²) >= 11 is 1.41. The van der Waals surface area contributed by atoms with Crippen LogP contribution in [0.1, 0.15) is 21.3 Å². The second kappa shape index (κ2) is 6.34. The molecule has 0 saturated carbocycles. The Morgan fingerprint density at radius 1 is 1.17 bits per heavy atom. The molecular weight excluding hydrogens is 325 g/mol. The maximum Gasteiger partial charge on any atom is 0.264 e. The van der Waals surface area contributed by atoms with Crippen LogP contribution >= 0.6 is 11.3 Å². The van der Waals surface area contributed by atoms with E-state index in [4.69, 9.17) is 4.74 Å². The molecule has 3 nitrogen and oxygen atoms in total. The molecule has 0 spiro atoms. The van der Waals surface area contributed by atoms with Crippen LogP contribution in [0.4, 0.5) is 4.39 Å². The van der Waals surface area contributed by atoms with Gasteiger partial charge in [-0.2, -0.15) is 0 Å². The van der Waals surface area contributed by atoms with Crippen LogP contribution in [0.3, 0.4) is 0 Å². The number of amides is 1. The summed E-state index contributed by atoms with van der Waals surface area (Å²) in [4.78, 5) is 15.3. The van der Waals surface area contributed by atoms with Crippen molar-refractivity contribution < 1.29 is 13.9 Å². The van der Waals surface area contributed by atoms with Gasteiger partial charge < -0.3 is 9.64 Å². The van der Waals surface area contributed by atoms with Gasteiger partial charge in [0.2, 0.25) is 0 Å². The Kier molecular flexibility index (Phi) is 4.04. The highest BCUT2D eigenvalue weighted by Crippen LogP contribution is 2.29. The first-order valence-electron chi connectivity index (χ1n) is 7.85. The number of fused-ring (bicyclic) bond motifs is 1. The topological polar surface area (TPSA) is 29.5 Å². The van der Waals surface area contributed by atoms with Crippen molar-refractivity contribution in [3.05, 3.63) is 70.9 Å². The van der Waals surface area contributed by atoms with Gasteiger partial charge in [-0.1, -0.05) is 30.3 Å². The largest absolute Gasteiger partial charge is 0.370 e. The number of carbonyl (C=O) groups excluding carboxylic acids is 1. The number of halogens is 1. The number of thiophene rings is 1. The molecule has 0 radical (unpaired) electrons. The fourth-order valence-electron chi connectivity index (χ4n) is 2.98. The fraction of sp³-hybridized carbons (Fsp3) is 0.211. The minimum atomic E-state index is -0.283. The van der Waals surface area contributed by atoms with Gasteiger partial charge in [-0.3, -0.25) is 4.79 Å². The summed E-state index contributed by atoms with van der Waals surface area (Å²) in [6, 6.07) is 16.3. The van der Waals surface area contributed by atoms with Crippen LogP contribution in [0.15, 0.2) is 54.6 Å². The SMILES string of the molecule is O=C(c1cc2cc(F)ccc2s1)N1CCOC(c2ccccc2)C1. The van der Waals surface area contributed by atoms with Crippen LogP contribution in [0, 0.1) is 5.82 Å². The Balaban J connectivity index is 1.56. The summed E-state index contributed by atoms with van der Waals surface area (Å²) in [5.74, 6) is -0.296. The van der Waals surface area contributed by atoms with E-state index in [1.807, 2.05) is 35.2 Å². The molecule has 5 heteroatoms. The monoisotopic (exact) mass is 341 g/mol. The summed E-state index contributed by atoms with van der Waals surface area (Å²) in [5, 5.41) is 0.774. The Hall–Kier alpha value is -2.24. The molecular formula is C19H16FNO2S. The molecule has 4 rings (SSSR count). The summed E-state index contributed by atoms with van der Waals surface area (Å²) in [7, 11) is 0. The fourth-order valence-corrected chi connectivity index (χ4v) is 3.99. The zero-order valence-electron chi connectivity index (χ0n) is 12.9. The Morgan fingerprint density at radius 2 is 2.00 bits per heavy atom. The molecule has 1 aliphatic rings. The van der Waals surface area contributed by atoms with Gasteiger partial charge in [0.25, 0.3) is 5.91 Å². The van der Waals surface area contributed by atoms with Crippen molar-refractivity contribution in [2.45, 2.75) is 6.10 Å². The van der Waals surface area contributed by atoms with Gasteiger partial charge in [0.05, 0.1) is 18.0 Å². The predicted molar refractivity (Wildman–Crippen MR) is 92.8 cm³/mol. The van der Waals surface area contributed by atoms with Crippen LogP contribution in [-0.2, 0) is 4.74 Å². The predicted octanol–water partition coefficient (Wildman–Crippen LogP) is 4.25. The zero-order valence-corrected chi connectivity index (χ0v) is 13.8. The number of nitrogens with zero attached hydrogens (tertiary/aromatic N) is 1. The highest BCUT2D eigenvalue weighted by molar-refractivity contribution is 7.20. The quantitative estimate of drug-likeness (QED) is 0.697. The van der Waals surface area contributed by atoms with Crippen LogP contribution in [0.25, 0.3) is 10.1 Å². The molecule has 0 bridgehead atoms. The van der Waals surface area contributed by atoms with Gasteiger partial charge in [-0.25, -0.2) is 4.39 Å². The second-order valence-electron chi connectivity index (χ2n) is 5.81. The average molecular weight is 341 g/mol. The van der Waals surface area contributed by atoms with Gasteiger partial charge in [0, 0.05) is 11.2 Å². The molecule has 122 valence electrons. The van der Waals surface area contributed by atoms with Gasteiger partial charge in [-0.05, 0) is 35.2 Å². The number of hydrogen-bond acceptors (Lipinski definition) is 3. The molecule has 0 N–H and O–H groups in total. The summed E-state index contributed by atoms with van der Waals surface area (Å²) in [5.41, 5.74) is 1.08. The highest BCUT2D eigenvalue weighted by atomic mass is 32.1. The minimum Gasteiger partial charge on any atom is -0.370 e. The summed E-state index contributed by atoms with van der Waals surface area (Å²) in [6.07, 6.45) is -0.101. The lowest BCUT2D eigenvalue weighted by Crippen LogP contribution is -2.42. The van der Waals surface area contributed by atoms with E-state index in [0.29, 0.717) is 24.6 Å². The number of benzene rings is 2. The maximum atomic E-state index is 13.3. The van der Waals surface area contributed by atoms with E-state index in [0.717, 1.165) is 15.6 Å². The standard InChI is InChI=1S/C19H16FNO2S/c20-15-6-7-17-14(10-15)11-18(24-17)19(22)21-8-9-23-16(12-21)13-4-2-1-3-5-13/h1-7,10-11,16H,8-9,12H2. The normalized spacial score (nSPS) is 18.0. The number of ether oxygens (including phenoxy) is 1. The molecule has 3 aromatic rings. The molecule has 1 aromatic heterocycles. The number of hydrogen-bond donors (Lipinski definition) is 0. The number of carbonyl (C=O) groups is 1. The van der Waals surface area contributed by atoms with Crippen molar-refractivity contribution in [3.8, 4) is 0 Å². The van der Waals surface area contributed by atoms with E-state index in [1.54, 1.807) is 12.1 Å². The number of morpholine rings is 1. The summed E-state index contributed by atoms with van der Waals surface area (Å²) < 4.78 is 20.1. The molecule has 24 heavy (non-hydrogen) atoms. The third-order valence-corrected chi connectivity index (χ3v) is 5.32. The molecule has 1 amide bonds. The van der Waals surface area contributed by atoms with Crippen LogP contribution in [0.2, 0.25) is 0 Å². The van der Waals surface area contributed by atoms with Crippen molar-refractivity contribution >= 4 is 27.3 Å². The molecule has 1 fully saturated rings. The Labute approximate surface area is 143 Å². The molecule has 2 aromatic carbocycles. The lowest BCUT2D eigenvalue weighted by molar-refractivity contribution is -0.0226. The first-order chi connectivity index (χ1) is 11.7. The van der Waals surface area contributed by atoms with Crippen molar-refractivity contribution in [3.63, 3.8) is 0 Å². The van der Waals surface area contributed by atoms with E-state index in [9.17, 15) is 9.18 Å². The third-order valence-electron chi connectivity index (χ3n) is 4.21. The molecule has 2 heterocycles. The van der Waals surface area contributed by atoms with E-state index in [2.05, 4.69) is 0 Å². The minimum absolute atomic E-state index is 0.0131. The smallest absolute Gasteiger partial charge is 0.264 e. The van der Waals surface area contributed by atoms with Gasteiger partial charge in [-0.15, -0.1) is 11.3 Å². The van der Waals surface area contributed by atoms with Crippen LogP contribution < -0.4 is 0 Å². The highest BCUT2D eigenvalue weighted by Gasteiger charge is 2.27. The van der Waals surface area contributed by atoms with Gasteiger partial charge in [0.1, 0.15) is 11.9 Å². The van der Waals surface area contributed by atoms with E-state index < -0.39 is 0 Å². The van der Waals surface area contributed by atoms with E-state index in [1.165, 1.54) is 23.5 Å². The third kappa shape index (κ3) is 2.92. The molecule has 0 aliphatic carbocycles. The Bertz CT molecular complexity index is 877. The molecule has 1 aliphatic heterocycles. The van der Waals surface area contributed by atoms with Crippen molar-refractivity contribution in [1.29, 1.82) is 0 Å². The second-order valence-corrected chi connectivity index (χ2v) is 6.90. The van der Waals surface area contributed by atoms with Gasteiger partial charge >= 0.3 is 0 Å². The van der Waals surface area contributed by atoms with Gasteiger partial charge in [0.15, 0.2) is 0 Å². The molecule has 1 unspecified atom stereocenters. The first-order valence-corrected chi connectivity index (χ1v) is 8.67. The average Bonchev–Trinajstić information content (AvgIpc) is 3.05. The van der Waals surface area contributed by atoms with E-state index in [-0.39, 0.29) is 17.8 Å². The molecule has 1 saturated heterocycles. The van der Waals surface area contributed by atoms with Crippen molar-refractivity contribution in [1.82, 2.24) is 4.90 Å². The van der Waals surface area contributed by atoms with E-state index >= 15 is 0 Å². The van der Waals surface area contributed by atoms with Crippen LogP contribution in [-0.4, -0.2) is 30.5 Å². The summed E-state index contributed by atoms with van der Waals surface area (Å²) in [6.45, 7) is 1.63. The first kappa shape index (κ1) is 15.3. The van der Waals surface area contributed by atoms with Crippen molar-refractivity contribution in [2.75, 3.05) is 19.7 Å². The van der Waals surface area contributed by atoms with Crippen molar-refractivity contribution in [2.24, 2.45) is 0 Å². The lowest BCUT2D eigenvalue weighted by atomic mass is 10.1. The van der Waals surface area contributed by atoms with Crippen LogP contribution in [0.5, 0.6) is 0 Å². The maximum absolute atomic E-state index is 13.3. The number of rotatable bonds is 2. The zero-order chi connectivity index (χ0) is 16.5. The molecule has 1 atom stereocenters. The lowest BCUT2D eigenvalue weighted by Gasteiger charge is -2.33. The Morgan fingerprint density at radius 3 is 2.83 bits per heavy atom.